The summed E-state index contributed by atoms with van der Waals surface area (Å²) in [5, 5.41) is 6.52. The summed E-state index contributed by atoms with van der Waals surface area (Å²) < 4.78 is 0. The maximum absolute atomic E-state index is 11.7. The lowest BCUT2D eigenvalue weighted by Crippen LogP contribution is -2.48. The second-order valence-corrected chi connectivity index (χ2v) is 7.08. The molecule has 142 valence electrons. The van der Waals surface area contributed by atoms with Crippen LogP contribution < -0.4 is 15.5 Å². The summed E-state index contributed by atoms with van der Waals surface area (Å²) >= 11 is 11.6. The van der Waals surface area contributed by atoms with Gasteiger partial charge in [-0.15, -0.1) is 0 Å². The van der Waals surface area contributed by atoms with E-state index in [0.717, 1.165) is 37.3 Å². The van der Waals surface area contributed by atoms with E-state index in [0.29, 0.717) is 24.5 Å². The molecule has 2 amide bonds. The van der Waals surface area contributed by atoms with E-state index in [9.17, 15) is 9.59 Å². The Bertz CT molecular complexity index is 675. The van der Waals surface area contributed by atoms with Crippen LogP contribution in [0.25, 0.3) is 0 Å². The highest BCUT2D eigenvalue weighted by Crippen LogP contribution is 2.29. The van der Waals surface area contributed by atoms with Gasteiger partial charge in [0.25, 0.3) is 0 Å². The zero-order valence-corrected chi connectivity index (χ0v) is 16.8. The highest BCUT2D eigenvalue weighted by atomic mass is 35.5. The lowest BCUT2D eigenvalue weighted by atomic mass is 10.2. The molecule has 26 heavy (non-hydrogen) atoms. The molecule has 0 bridgehead atoms. The number of amides is 2. The van der Waals surface area contributed by atoms with Gasteiger partial charge in [0.15, 0.2) is 5.11 Å². The van der Waals surface area contributed by atoms with Crippen molar-refractivity contribution in [3.8, 4) is 0 Å². The number of rotatable bonds is 5. The first kappa shape index (κ1) is 20.5. The number of nitrogens with zero attached hydrogens (tertiary/aromatic N) is 2. The predicted octanol–water partition coefficient (Wildman–Crippen LogP) is 3.01. The third kappa shape index (κ3) is 5.85. The van der Waals surface area contributed by atoms with Gasteiger partial charge in [-0.25, -0.2) is 0 Å². The molecule has 1 heterocycles. The molecule has 0 unspecified atom stereocenters. The Labute approximate surface area is 164 Å². The minimum atomic E-state index is -0.0876. The minimum absolute atomic E-state index is 0.0876. The molecule has 1 fully saturated rings. The Morgan fingerprint density at radius 1 is 1.23 bits per heavy atom. The standard InChI is InChI=1S/C18H25ClN4O2S/c1-3-4-5-17(25)21-18(26)20-14-6-7-16(15(19)12-14)23-10-8-22(9-11-23)13(2)24/h6-7,12H,3-5,8-11H2,1-2H3,(H2,20,21,25,26). The quantitative estimate of drug-likeness (QED) is 0.749. The fraction of sp³-hybridized carbons (Fsp3) is 0.500. The summed E-state index contributed by atoms with van der Waals surface area (Å²) in [4.78, 5) is 27.1. The van der Waals surface area contributed by atoms with Gasteiger partial charge in [0, 0.05) is 45.2 Å². The van der Waals surface area contributed by atoms with Crippen LogP contribution in [0, 0.1) is 0 Å². The number of piperazine rings is 1. The summed E-state index contributed by atoms with van der Waals surface area (Å²) in [7, 11) is 0. The van der Waals surface area contributed by atoms with E-state index in [4.69, 9.17) is 23.8 Å². The van der Waals surface area contributed by atoms with Crippen molar-refractivity contribution in [2.24, 2.45) is 0 Å². The molecule has 1 aliphatic heterocycles. The van der Waals surface area contributed by atoms with Gasteiger partial charge < -0.3 is 20.4 Å². The molecule has 0 radical (unpaired) electrons. The number of carbonyl (C=O) groups excluding carboxylic acids is 2. The smallest absolute Gasteiger partial charge is 0.226 e. The van der Waals surface area contributed by atoms with E-state index in [1.807, 2.05) is 24.0 Å². The third-order valence-electron chi connectivity index (χ3n) is 4.28. The monoisotopic (exact) mass is 396 g/mol. The first-order chi connectivity index (χ1) is 12.4. The summed E-state index contributed by atoms with van der Waals surface area (Å²) in [6.07, 6.45) is 2.27. The molecule has 2 N–H and O–H groups in total. The minimum Gasteiger partial charge on any atom is -0.367 e. The number of unbranched alkanes of at least 4 members (excludes halogenated alkanes) is 1. The fourth-order valence-electron chi connectivity index (χ4n) is 2.79. The average molecular weight is 397 g/mol. The molecule has 6 nitrogen and oxygen atoms in total. The molecule has 0 atom stereocenters. The van der Waals surface area contributed by atoms with Crippen LogP contribution in [-0.4, -0.2) is 48.0 Å². The van der Waals surface area contributed by atoms with Gasteiger partial charge in [0.2, 0.25) is 11.8 Å². The van der Waals surface area contributed by atoms with Crippen LogP contribution in [0.1, 0.15) is 33.1 Å². The summed E-state index contributed by atoms with van der Waals surface area (Å²) in [5.74, 6) is 0.0141. The van der Waals surface area contributed by atoms with Gasteiger partial charge >= 0.3 is 0 Å². The molecular weight excluding hydrogens is 372 g/mol. The number of halogens is 1. The van der Waals surface area contributed by atoms with Crippen LogP contribution in [-0.2, 0) is 9.59 Å². The van der Waals surface area contributed by atoms with Crippen molar-refractivity contribution in [2.75, 3.05) is 36.4 Å². The molecule has 0 spiro atoms. The molecule has 0 saturated carbocycles. The number of carbonyl (C=O) groups is 2. The van der Waals surface area contributed by atoms with E-state index in [1.54, 1.807) is 13.0 Å². The number of hydrogen-bond donors (Lipinski definition) is 2. The largest absolute Gasteiger partial charge is 0.367 e. The van der Waals surface area contributed by atoms with Gasteiger partial charge in [0.05, 0.1) is 10.7 Å². The molecule has 0 aromatic heterocycles. The van der Waals surface area contributed by atoms with Crippen LogP contribution >= 0.6 is 23.8 Å². The average Bonchev–Trinajstić information content (AvgIpc) is 2.60. The van der Waals surface area contributed by atoms with Crippen LogP contribution in [0.4, 0.5) is 11.4 Å². The first-order valence-corrected chi connectivity index (χ1v) is 9.60. The van der Waals surface area contributed by atoms with Crippen molar-refractivity contribution in [1.29, 1.82) is 0 Å². The molecule has 1 aliphatic rings. The number of benzene rings is 1. The SMILES string of the molecule is CCCCC(=O)NC(=S)Nc1ccc(N2CCN(C(C)=O)CC2)c(Cl)c1. The van der Waals surface area contributed by atoms with E-state index < -0.39 is 0 Å². The van der Waals surface area contributed by atoms with Gasteiger partial charge in [-0.3, -0.25) is 9.59 Å². The van der Waals surface area contributed by atoms with Crippen LogP contribution in [0.15, 0.2) is 18.2 Å². The third-order valence-corrected chi connectivity index (χ3v) is 4.79. The van der Waals surface area contributed by atoms with Crippen molar-refractivity contribution >= 4 is 52.1 Å². The number of thiocarbonyl (C=S) groups is 1. The van der Waals surface area contributed by atoms with Crippen molar-refractivity contribution in [3.05, 3.63) is 23.2 Å². The zero-order valence-electron chi connectivity index (χ0n) is 15.2. The van der Waals surface area contributed by atoms with Crippen molar-refractivity contribution < 1.29 is 9.59 Å². The van der Waals surface area contributed by atoms with Crippen LogP contribution in [0.5, 0.6) is 0 Å². The number of hydrogen-bond acceptors (Lipinski definition) is 4. The Balaban J connectivity index is 1.92. The van der Waals surface area contributed by atoms with Gasteiger partial charge in [-0.05, 0) is 36.8 Å². The van der Waals surface area contributed by atoms with E-state index in [2.05, 4.69) is 15.5 Å². The topological polar surface area (TPSA) is 64.7 Å². The number of anilines is 2. The number of nitrogens with one attached hydrogen (secondary N) is 2. The molecule has 1 aromatic carbocycles. The highest BCUT2D eigenvalue weighted by Gasteiger charge is 2.20. The molecule has 8 heteroatoms. The van der Waals surface area contributed by atoms with Gasteiger partial charge in [-0.1, -0.05) is 24.9 Å². The highest BCUT2D eigenvalue weighted by molar-refractivity contribution is 7.80. The zero-order chi connectivity index (χ0) is 19.1. The molecule has 2 rings (SSSR count). The molecule has 0 aliphatic carbocycles. The lowest BCUT2D eigenvalue weighted by molar-refractivity contribution is -0.129. The lowest BCUT2D eigenvalue weighted by Gasteiger charge is -2.36. The first-order valence-electron chi connectivity index (χ1n) is 8.81. The van der Waals surface area contributed by atoms with E-state index >= 15 is 0 Å². The van der Waals surface area contributed by atoms with E-state index in [-0.39, 0.29) is 16.9 Å². The maximum Gasteiger partial charge on any atom is 0.226 e. The molecular formula is C18H25ClN4O2S. The van der Waals surface area contributed by atoms with Crippen molar-refractivity contribution in [2.45, 2.75) is 33.1 Å². The molecule has 1 aromatic rings. The van der Waals surface area contributed by atoms with E-state index in [1.165, 1.54) is 0 Å². The van der Waals surface area contributed by atoms with Gasteiger partial charge in [-0.2, -0.15) is 0 Å². The summed E-state index contributed by atoms with van der Waals surface area (Å²) in [5.41, 5.74) is 1.65. The predicted molar refractivity (Wildman–Crippen MR) is 110 cm³/mol. The maximum atomic E-state index is 11.7. The summed E-state index contributed by atoms with van der Waals surface area (Å²) in [6, 6.07) is 5.59. The van der Waals surface area contributed by atoms with Crippen molar-refractivity contribution in [3.63, 3.8) is 0 Å². The Morgan fingerprint density at radius 3 is 2.50 bits per heavy atom. The Morgan fingerprint density at radius 2 is 1.92 bits per heavy atom. The Kier molecular flexibility index (Phi) is 7.66. The van der Waals surface area contributed by atoms with Crippen molar-refractivity contribution in [1.82, 2.24) is 10.2 Å². The second-order valence-electron chi connectivity index (χ2n) is 6.27. The second kappa shape index (κ2) is 9.73. The fourth-order valence-corrected chi connectivity index (χ4v) is 3.32. The van der Waals surface area contributed by atoms with Gasteiger partial charge in [0.1, 0.15) is 0 Å². The Hall–Kier alpha value is -1.86. The normalized spacial score (nSPS) is 14.1. The van der Waals surface area contributed by atoms with Crippen LogP contribution in [0.2, 0.25) is 5.02 Å². The molecule has 1 saturated heterocycles. The summed E-state index contributed by atoms with van der Waals surface area (Å²) in [6.45, 7) is 6.51. The van der Waals surface area contributed by atoms with Crippen LogP contribution in [0.3, 0.4) is 0 Å².